The predicted molar refractivity (Wildman–Crippen MR) is 73.1 cm³/mol. The quantitative estimate of drug-likeness (QED) is 0.829. The number of hydrogen-bond donors (Lipinski definition) is 2. The second-order valence-corrected chi connectivity index (χ2v) is 5.12. The first-order chi connectivity index (χ1) is 8.56. The van der Waals surface area contributed by atoms with Gasteiger partial charge in [-0.3, -0.25) is 0 Å². The number of carbonyl (C=O) groups is 1. The molecule has 92 valence electrons. The lowest BCUT2D eigenvalue weighted by Crippen LogP contribution is -2.01. The van der Waals surface area contributed by atoms with E-state index in [1.165, 1.54) is 17.3 Å². The van der Waals surface area contributed by atoms with Crippen molar-refractivity contribution in [3.05, 3.63) is 53.6 Å². The second kappa shape index (κ2) is 5.14. The summed E-state index contributed by atoms with van der Waals surface area (Å²) >= 11 is 1.52. The van der Waals surface area contributed by atoms with Crippen molar-refractivity contribution < 1.29 is 9.90 Å². The summed E-state index contributed by atoms with van der Waals surface area (Å²) in [6.07, 6.45) is 0. The van der Waals surface area contributed by atoms with E-state index in [1.807, 2.05) is 37.3 Å². The number of rotatable bonds is 3. The fourth-order valence-electron chi connectivity index (χ4n) is 1.53. The van der Waals surface area contributed by atoms with Crippen molar-refractivity contribution >= 4 is 23.4 Å². The first-order valence-electron chi connectivity index (χ1n) is 5.43. The minimum absolute atomic E-state index is 0.145. The van der Waals surface area contributed by atoms with Crippen molar-refractivity contribution in [1.29, 1.82) is 0 Å². The molecule has 0 saturated carbocycles. The zero-order valence-electron chi connectivity index (χ0n) is 9.88. The van der Waals surface area contributed by atoms with Crippen LogP contribution >= 0.6 is 11.8 Å². The number of aryl methyl sites for hydroxylation is 1. The fourth-order valence-corrected chi connectivity index (χ4v) is 2.38. The highest BCUT2D eigenvalue weighted by Gasteiger charge is 2.09. The van der Waals surface area contributed by atoms with Crippen LogP contribution in [0.2, 0.25) is 0 Å². The lowest BCUT2D eigenvalue weighted by molar-refractivity contribution is 0.0698. The molecule has 0 fully saturated rings. The van der Waals surface area contributed by atoms with Gasteiger partial charge in [-0.15, -0.1) is 0 Å². The van der Waals surface area contributed by atoms with Gasteiger partial charge in [0.1, 0.15) is 0 Å². The van der Waals surface area contributed by atoms with E-state index in [2.05, 4.69) is 0 Å². The van der Waals surface area contributed by atoms with Gasteiger partial charge in [0.15, 0.2) is 0 Å². The Kier molecular flexibility index (Phi) is 3.58. The third-order valence-electron chi connectivity index (χ3n) is 2.51. The summed E-state index contributed by atoms with van der Waals surface area (Å²) in [6, 6.07) is 13.1. The van der Waals surface area contributed by atoms with Crippen LogP contribution in [0.15, 0.2) is 52.3 Å². The smallest absolute Gasteiger partial charge is 0.337 e. The summed E-state index contributed by atoms with van der Waals surface area (Å²) in [5.41, 5.74) is 7.24. The molecule has 18 heavy (non-hydrogen) atoms. The molecule has 0 amide bonds. The normalized spacial score (nSPS) is 10.3. The minimum Gasteiger partial charge on any atom is -0.478 e. The number of anilines is 1. The molecule has 2 aromatic rings. The molecule has 0 atom stereocenters. The van der Waals surface area contributed by atoms with Gasteiger partial charge in [0, 0.05) is 15.5 Å². The van der Waals surface area contributed by atoms with Crippen LogP contribution in [0.1, 0.15) is 15.9 Å². The highest BCUT2D eigenvalue weighted by Crippen LogP contribution is 2.30. The number of benzene rings is 2. The molecule has 0 saturated heterocycles. The highest BCUT2D eigenvalue weighted by molar-refractivity contribution is 7.99. The summed E-state index contributed by atoms with van der Waals surface area (Å²) in [7, 11) is 0. The number of nitrogen functional groups attached to an aromatic ring is 1. The van der Waals surface area contributed by atoms with E-state index in [-0.39, 0.29) is 11.3 Å². The SMILES string of the molecule is Cc1ccc(Sc2ccc(N)c(C(=O)O)c2)cc1. The molecule has 2 aromatic carbocycles. The van der Waals surface area contributed by atoms with Crippen molar-refractivity contribution in [2.24, 2.45) is 0 Å². The molecule has 0 aromatic heterocycles. The maximum Gasteiger partial charge on any atom is 0.337 e. The number of nitrogens with two attached hydrogens (primary N) is 1. The van der Waals surface area contributed by atoms with E-state index in [9.17, 15) is 4.79 Å². The molecule has 0 heterocycles. The molecule has 0 bridgehead atoms. The van der Waals surface area contributed by atoms with Crippen molar-refractivity contribution in [1.82, 2.24) is 0 Å². The number of aromatic carboxylic acids is 1. The van der Waals surface area contributed by atoms with Gasteiger partial charge in [0.25, 0.3) is 0 Å². The zero-order valence-corrected chi connectivity index (χ0v) is 10.7. The third kappa shape index (κ3) is 2.84. The Labute approximate surface area is 110 Å². The molecule has 4 heteroatoms. The molecule has 3 nitrogen and oxygen atoms in total. The Morgan fingerprint density at radius 3 is 2.33 bits per heavy atom. The predicted octanol–water partition coefficient (Wildman–Crippen LogP) is 3.43. The van der Waals surface area contributed by atoms with Crippen LogP contribution in [0.4, 0.5) is 5.69 Å². The van der Waals surface area contributed by atoms with Crippen LogP contribution in [0, 0.1) is 6.92 Å². The van der Waals surface area contributed by atoms with Crippen LogP contribution < -0.4 is 5.73 Å². The summed E-state index contributed by atoms with van der Waals surface area (Å²) in [5.74, 6) is -1.00. The van der Waals surface area contributed by atoms with E-state index in [4.69, 9.17) is 10.8 Å². The zero-order chi connectivity index (χ0) is 13.1. The maximum absolute atomic E-state index is 11.0. The van der Waals surface area contributed by atoms with E-state index in [0.717, 1.165) is 9.79 Å². The Hall–Kier alpha value is -1.94. The van der Waals surface area contributed by atoms with Crippen molar-refractivity contribution in [2.75, 3.05) is 5.73 Å². The van der Waals surface area contributed by atoms with E-state index < -0.39 is 5.97 Å². The number of carboxylic acid groups (broad SMARTS) is 1. The van der Waals surface area contributed by atoms with Gasteiger partial charge in [-0.1, -0.05) is 29.5 Å². The topological polar surface area (TPSA) is 63.3 Å². The summed E-state index contributed by atoms with van der Waals surface area (Å²) in [5, 5.41) is 9.00. The monoisotopic (exact) mass is 259 g/mol. The van der Waals surface area contributed by atoms with Gasteiger partial charge in [0.05, 0.1) is 5.56 Å². The first kappa shape index (κ1) is 12.5. The third-order valence-corrected chi connectivity index (χ3v) is 3.51. The van der Waals surface area contributed by atoms with Crippen molar-refractivity contribution in [3.8, 4) is 0 Å². The average molecular weight is 259 g/mol. The largest absolute Gasteiger partial charge is 0.478 e. The molecule has 0 aliphatic rings. The van der Waals surface area contributed by atoms with Crippen LogP contribution in [0.5, 0.6) is 0 Å². The Balaban J connectivity index is 2.27. The van der Waals surface area contributed by atoms with E-state index in [0.29, 0.717) is 0 Å². The Morgan fingerprint density at radius 2 is 1.72 bits per heavy atom. The van der Waals surface area contributed by atoms with E-state index >= 15 is 0 Å². The molecule has 0 unspecified atom stereocenters. The highest BCUT2D eigenvalue weighted by atomic mass is 32.2. The summed E-state index contributed by atoms with van der Waals surface area (Å²) in [6.45, 7) is 2.03. The van der Waals surface area contributed by atoms with Gasteiger partial charge in [-0.05, 0) is 37.3 Å². The van der Waals surface area contributed by atoms with Crippen LogP contribution in [-0.2, 0) is 0 Å². The van der Waals surface area contributed by atoms with E-state index in [1.54, 1.807) is 12.1 Å². The van der Waals surface area contributed by atoms with Crippen molar-refractivity contribution in [3.63, 3.8) is 0 Å². The van der Waals surface area contributed by atoms with Crippen LogP contribution in [-0.4, -0.2) is 11.1 Å². The number of carboxylic acids is 1. The van der Waals surface area contributed by atoms with Crippen LogP contribution in [0.25, 0.3) is 0 Å². The molecule has 3 N–H and O–H groups in total. The first-order valence-corrected chi connectivity index (χ1v) is 6.25. The van der Waals surface area contributed by atoms with Crippen molar-refractivity contribution in [2.45, 2.75) is 16.7 Å². The minimum atomic E-state index is -1.00. The fraction of sp³-hybridized carbons (Fsp3) is 0.0714. The standard InChI is InChI=1S/C14H13NO2S/c1-9-2-4-10(5-3-9)18-11-6-7-13(15)12(8-11)14(16)17/h2-8H,15H2,1H3,(H,16,17). The van der Waals surface area contributed by atoms with Gasteiger partial charge in [-0.25, -0.2) is 4.79 Å². The molecule has 0 radical (unpaired) electrons. The molecule has 0 aliphatic carbocycles. The number of hydrogen-bond acceptors (Lipinski definition) is 3. The van der Waals surface area contributed by atoms with Gasteiger partial charge >= 0.3 is 5.97 Å². The maximum atomic E-state index is 11.0. The average Bonchev–Trinajstić information content (AvgIpc) is 2.34. The molecular formula is C14H13NO2S. The van der Waals surface area contributed by atoms with Crippen LogP contribution in [0.3, 0.4) is 0 Å². The Bertz CT molecular complexity index is 579. The van der Waals surface area contributed by atoms with Gasteiger partial charge in [-0.2, -0.15) is 0 Å². The summed E-state index contributed by atoms with van der Waals surface area (Å²) in [4.78, 5) is 12.9. The lowest BCUT2D eigenvalue weighted by Gasteiger charge is -2.05. The summed E-state index contributed by atoms with van der Waals surface area (Å²) < 4.78 is 0. The molecule has 0 aliphatic heterocycles. The van der Waals surface area contributed by atoms with Gasteiger partial charge < -0.3 is 10.8 Å². The Morgan fingerprint density at radius 1 is 1.11 bits per heavy atom. The molecule has 2 rings (SSSR count). The lowest BCUT2D eigenvalue weighted by atomic mass is 10.2. The molecular weight excluding hydrogens is 246 g/mol. The molecule has 0 spiro atoms. The van der Waals surface area contributed by atoms with Gasteiger partial charge in [0.2, 0.25) is 0 Å². The second-order valence-electron chi connectivity index (χ2n) is 3.97.